The van der Waals surface area contributed by atoms with Crippen LogP contribution in [0.3, 0.4) is 0 Å². The second-order valence-corrected chi connectivity index (χ2v) is 22.7. The van der Waals surface area contributed by atoms with Crippen LogP contribution in [0.25, 0.3) is 11.3 Å². The molecule has 0 unspecified atom stereocenters. The lowest BCUT2D eigenvalue weighted by molar-refractivity contribution is -0.150. The van der Waals surface area contributed by atoms with Gasteiger partial charge < -0.3 is 45.8 Å². The number of nitrogens with one attached hydrogen (secondary N) is 3. The van der Waals surface area contributed by atoms with Crippen molar-refractivity contribution in [3.63, 3.8) is 0 Å². The van der Waals surface area contributed by atoms with Crippen molar-refractivity contribution in [1.82, 2.24) is 40.4 Å². The maximum Gasteiger partial charge on any atom is 0.246 e. The number of phenols is 1. The van der Waals surface area contributed by atoms with Gasteiger partial charge in [-0.1, -0.05) is 56.5 Å². The maximum absolute atomic E-state index is 14.2. The van der Waals surface area contributed by atoms with Gasteiger partial charge in [0.05, 0.1) is 23.5 Å². The van der Waals surface area contributed by atoms with E-state index in [1.807, 2.05) is 39.0 Å². The number of aromatic hydroxyl groups is 1. The van der Waals surface area contributed by atoms with Crippen molar-refractivity contribution in [2.24, 2.45) is 16.7 Å². The van der Waals surface area contributed by atoms with E-state index in [-0.39, 0.29) is 54.3 Å². The van der Waals surface area contributed by atoms with Gasteiger partial charge in [-0.3, -0.25) is 19.3 Å². The minimum atomic E-state index is -0.868. The fourth-order valence-electron chi connectivity index (χ4n) is 12.9. The molecule has 2 aliphatic carbocycles. The molecule has 6 heterocycles. The highest BCUT2D eigenvalue weighted by atomic mass is 35.5. The monoisotopic (exact) mass is 961 g/mol. The zero-order valence-electron chi connectivity index (χ0n) is 40.4. The Hall–Kier alpha value is -4.98. The van der Waals surface area contributed by atoms with Gasteiger partial charge in [0.15, 0.2) is 5.82 Å². The van der Waals surface area contributed by atoms with Gasteiger partial charge in [0.25, 0.3) is 0 Å². The number of carbonyl (C=O) groups excluding carboxylic acids is 3. The van der Waals surface area contributed by atoms with Crippen LogP contribution in [-0.4, -0.2) is 159 Å². The number of phenolic OH excluding ortho intramolecular Hbond substituents is 1. The number of fused-ring (bicyclic) bond motifs is 3. The predicted molar refractivity (Wildman–Crippen MR) is 266 cm³/mol. The number of aliphatic hydroxyl groups is 1. The van der Waals surface area contributed by atoms with Crippen LogP contribution in [0.1, 0.15) is 89.7 Å². The van der Waals surface area contributed by atoms with Crippen LogP contribution < -0.4 is 20.9 Å². The highest BCUT2D eigenvalue weighted by molar-refractivity contribution is 6.31. The van der Waals surface area contributed by atoms with Crippen LogP contribution in [0.15, 0.2) is 48.5 Å². The topological polar surface area (TPSA) is 170 Å². The number of amides is 3. The standard InChI is InChI=1S/C53H69ClN10O5/c1-5-33-10-11-34(42(54)22-33)29-56-50(68)45-23-40(65)32-64(45)51(69)47(52(2,3)4)57-49(67)35-25-53(26-35)27-38(28-53)61-18-12-36(13-19-61)60-16-14-37(15-17-60)62-20-21-63-39(31-62)30-55-48-44(63)24-43(58-59-48)41-8-6-7-9-46(41)66/h1,6-11,22,24,35-40,45,47,65-66H,12-21,23,25-32H2,2-4H3,(H,55,59)(H,56,68)(H,57,67)/t35-,38-,39-,40+,45-,47+,53?/m0/s1. The molecule has 10 rings (SSSR count). The molecule has 4 saturated heterocycles. The van der Waals surface area contributed by atoms with E-state index in [1.54, 1.807) is 24.3 Å². The van der Waals surface area contributed by atoms with Crippen molar-refractivity contribution in [2.75, 3.05) is 69.1 Å². The van der Waals surface area contributed by atoms with E-state index in [1.165, 1.54) is 30.6 Å². The number of para-hydroxylation sites is 1. The van der Waals surface area contributed by atoms with Crippen LogP contribution in [0, 0.1) is 29.1 Å². The number of benzene rings is 2. The Morgan fingerprint density at radius 1 is 0.870 bits per heavy atom. The molecular formula is C53H69ClN10O5. The Morgan fingerprint density at radius 2 is 1.57 bits per heavy atom. The van der Waals surface area contributed by atoms with Crippen LogP contribution in [0.2, 0.25) is 5.02 Å². The second-order valence-electron chi connectivity index (χ2n) is 22.3. The first-order valence-electron chi connectivity index (χ1n) is 25.4. The lowest BCUT2D eigenvalue weighted by Crippen LogP contribution is -2.63. The van der Waals surface area contributed by atoms with Gasteiger partial charge in [-0.05, 0) is 124 Å². The zero-order valence-corrected chi connectivity index (χ0v) is 41.1. The first-order valence-corrected chi connectivity index (χ1v) is 25.7. The average Bonchev–Trinajstić information content (AvgIpc) is 3.73. The number of hydrogen-bond donors (Lipinski definition) is 5. The summed E-state index contributed by atoms with van der Waals surface area (Å²) in [6.45, 7) is 14.4. The normalized spacial score (nSPS) is 28.4. The summed E-state index contributed by atoms with van der Waals surface area (Å²) in [5.41, 5.74) is 3.40. The number of hydrogen-bond acceptors (Lipinski definition) is 12. The second kappa shape index (κ2) is 19.3. The van der Waals surface area contributed by atoms with Gasteiger partial charge in [-0.2, -0.15) is 0 Å². The molecule has 1 aromatic heterocycles. The van der Waals surface area contributed by atoms with E-state index in [0.29, 0.717) is 51.6 Å². The third-order valence-electron chi connectivity index (χ3n) is 16.8. The highest BCUT2D eigenvalue weighted by Crippen LogP contribution is 2.60. The van der Waals surface area contributed by atoms with Gasteiger partial charge in [-0.25, -0.2) is 0 Å². The molecule has 0 bridgehead atoms. The number of piperazine rings is 1. The summed E-state index contributed by atoms with van der Waals surface area (Å²) in [5, 5.41) is 40.0. The van der Waals surface area contributed by atoms with E-state index < -0.39 is 23.6 Å². The van der Waals surface area contributed by atoms with Gasteiger partial charge >= 0.3 is 0 Å². The molecule has 7 aliphatic rings. The summed E-state index contributed by atoms with van der Waals surface area (Å²) in [4.78, 5) is 53.6. The lowest BCUT2D eigenvalue weighted by Gasteiger charge is -2.60. The minimum Gasteiger partial charge on any atom is -0.507 e. The van der Waals surface area contributed by atoms with E-state index >= 15 is 0 Å². The number of likely N-dealkylation sites (tertiary alicyclic amines) is 3. The third kappa shape index (κ3) is 9.76. The van der Waals surface area contributed by atoms with Crippen molar-refractivity contribution in [1.29, 1.82) is 0 Å². The quantitative estimate of drug-likeness (QED) is 0.178. The molecule has 2 saturated carbocycles. The number of nitrogens with zero attached hydrogens (tertiary/aromatic N) is 7. The van der Waals surface area contributed by atoms with Gasteiger partial charge in [0.1, 0.15) is 17.8 Å². The molecule has 16 heteroatoms. The first kappa shape index (κ1) is 47.7. The van der Waals surface area contributed by atoms with Crippen molar-refractivity contribution >= 4 is 40.8 Å². The van der Waals surface area contributed by atoms with E-state index in [0.717, 1.165) is 89.5 Å². The molecular weight excluding hydrogens is 892 g/mol. The first-order chi connectivity index (χ1) is 33.1. The summed E-state index contributed by atoms with van der Waals surface area (Å²) >= 11 is 6.39. The van der Waals surface area contributed by atoms with Crippen LogP contribution in [0.5, 0.6) is 5.75 Å². The number of anilines is 2. The molecule has 69 heavy (non-hydrogen) atoms. The Morgan fingerprint density at radius 3 is 2.25 bits per heavy atom. The SMILES string of the molecule is C#Cc1ccc(CNC(=O)[C@@H]2C[C@@H](O)CN2C(=O)[C@@H](NC(=O)[C@H]2CC3(C2)C[C@H](N2CCC(N4CCC(N5CCN6c7cc(-c8ccccc8O)nnc7NC[C@H]6C5)CC4)CC2)C3)C(C)(C)C)c(Cl)c1. The highest BCUT2D eigenvalue weighted by Gasteiger charge is 2.57. The van der Waals surface area contributed by atoms with E-state index in [9.17, 15) is 24.6 Å². The Balaban J connectivity index is 0.648. The minimum absolute atomic E-state index is 0.0247. The molecule has 1 spiro atoms. The number of halogens is 1. The summed E-state index contributed by atoms with van der Waals surface area (Å²) in [7, 11) is 0. The maximum atomic E-state index is 14.2. The Kier molecular flexibility index (Phi) is 13.4. The van der Waals surface area contributed by atoms with Gasteiger partial charge in [-0.15, -0.1) is 16.6 Å². The summed E-state index contributed by atoms with van der Waals surface area (Å²) < 4.78 is 0. The largest absolute Gasteiger partial charge is 0.507 e. The Bertz CT molecular complexity index is 2450. The average molecular weight is 962 g/mol. The summed E-state index contributed by atoms with van der Waals surface area (Å²) in [5.74, 6) is 2.62. The number of piperidine rings is 2. The molecule has 0 radical (unpaired) electrons. The molecule has 5 N–H and O–H groups in total. The molecule has 3 aromatic rings. The number of β-amino-alcohol motifs (C(OH)–C–C–N with tert-alkyl or cyclic N) is 1. The molecule has 15 nitrogen and oxygen atoms in total. The van der Waals surface area contributed by atoms with Crippen LogP contribution >= 0.6 is 11.6 Å². The number of aromatic nitrogens is 2. The molecule has 5 aliphatic heterocycles. The van der Waals surface area contributed by atoms with E-state index in [4.69, 9.17) is 18.0 Å². The smallest absolute Gasteiger partial charge is 0.246 e. The zero-order chi connectivity index (χ0) is 48.2. The van der Waals surface area contributed by atoms with Crippen molar-refractivity contribution in [2.45, 2.75) is 127 Å². The van der Waals surface area contributed by atoms with Gasteiger partial charge in [0, 0.05) is 85.9 Å². The van der Waals surface area contributed by atoms with Crippen LogP contribution in [-0.2, 0) is 20.9 Å². The predicted octanol–water partition coefficient (Wildman–Crippen LogP) is 4.70. The number of carbonyl (C=O) groups is 3. The van der Waals surface area contributed by atoms with Crippen LogP contribution in [0.4, 0.5) is 11.5 Å². The van der Waals surface area contributed by atoms with Crippen molar-refractivity contribution in [3.8, 4) is 29.4 Å². The third-order valence-corrected chi connectivity index (χ3v) is 17.2. The molecule has 4 atom stereocenters. The van der Waals surface area contributed by atoms with Crippen molar-refractivity contribution in [3.05, 3.63) is 64.7 Å². The van der Waals surface area contributed by atoms with E-state index in [2.05, 4.69) is 57.7 Å². The molecule has 6 fully saturated rings. The number of rotatable bonds is 10. The van der Waals surface area contributed by atoms with Crippen molar-refractivity contribution < 1.29 is 24.6 Å². The molecule has 368 valence electrons. The fourth-order valence-corrected chi connectivity index (χ4v) is 13.1. The molecule has 2 aromatic carbocycles. The summed E-state index contributed by atoms with van der Waals surface area (Å²) in [6, 6.07) is 15.1. The fraction of sp³-hybridized carbons (Fsp3) is 0.604. The Labute approximate surface area is 411 Å². The number of terminal acetylenes is 1. The molecule has 3 amide bonds. The number of aliphatic hydroxyl groups excluding tert-OH is 1. The lowest BCUT2D eigenvalue weighted by atomic mass is 9.49. The van der Waals surface area contributed by atoms with Gasteiger partial charge in [0.2, 0.25) is 17.7 Å². The summed E-state index contributed by atoms with van der Waals surface area (Å²) in [6.07, 6.45) is 13.6.